The van der Waals surface area contributed by atoms with Crippen LogP contribution in [-0.4, -0.2) is 26.1 Å². The average Bonchev–Trinajstić information content (AvgIpc) is 2.65. The third-order valence-electron chi connectivity index (χ3n) is 3.75. The first-order chi connectivity index (χ1) is 12.9. The predicted molar refractivity (Wildman–Crippen MR) is 104 cm³/mol. The molecule has 1 N–H and O–H groups in total. The molecule has 2 aromatic carbocycles. The Morgan fingerprint density at radius 3 is 2.30 bits per heavy atom. The van der Waals surface area contributed by atoms with E-state index in [0.29, 0.717) is 17.2 Å². The molecule has 0 aliphatic carbocycles. The highest BCUT2D eigenvalue weighted by atomic mass is 16.5. The van der Waals surface area contributed by atoms with Crippen molar-refractivity contribution >= 4 is 23.6 Å². The van der Waals surface area contributed by atoms with Gasteiger partial charge in [-0.2, -0.15) is 0 Å². The van der Waals surface area contributed by atoms with E-state index in [1.807, 2.05) is 6.07 Å². The van der Waals surface area contributed by atoms with Gasteiger partial charge in [-0.25, -0.2) is 4.79 Å². The van der Waals surface area contributed by atoms with Crippen LogP contribution in [-0.2, 0) is 14.3 Å². The molecule has 0 saturated heterocycles. The van der Waals surface area contributed by atoms with Gasteiger partial charge in [-0.05, 0) is 48.4 Å². The van der Waals surface area contributed by atoms with Crippen LogP contribution < -0.4 is 14.8 Å². The second-order valence-electron chi connectivity index (χ2n) is 5.87. The quantitative estimate of drug-likeness (QED) is 0.590. The van der Waals surface area contributed by atoms with Crippen LogP contribution in [0.5, 0.6) is 11.5 Å². The summed E-state index contributed by atoms with van der Waals surface area (Å²) in [6, 6.07) is 12.5. The van der Waals surface area contributed by atoms with E-state index < -0.39 is 12.1 Å². The fourth-order valence-electron chi connectivity index (χ4n) is 2.44. The summed E-state index contributed by atoms with van der Waals surface area (Å²) in [7, 11) is 3.13. The highest BCUT2D eigenvalue weighted by Gasteiger charge is 2.11. The second kappa shape index (κ2) is 9.43. The van der Waals surface area contributed by atoms with Gasteiger partial charge in [-0.3, -0.25) is 4.79 Å². The number of ether oxygens (including phenoxy) is 3. The Hall–Kier alpha value is -3.28. The topological polar surface area (TPSA) is 73.9 Å². The van der Waals surface area contributed by atoms with Crippen molar-refractivity contribution in [3.05, 3.63) is 59.7 Å². The molecule has 27 heavy (non-hydrogen) atoms. The molecule has 1 amide bonds. The van der Waals surface area contributed by atoms with Crippen LogP contribution in [0.1, 0.15) is 31.1 Å². The van der Waals surface area contributed by atoms with Crippen molar-refractivity contribution in [3.8, 4) is 11.5 Å². The summed E-state index contributed by atoms with van der Waals surface area (Å²) in [5.74, 6) is 0.624. The Morgan fingerprint density at radius 1 is 1.04 bits per heavy atom. The fourth-order valence-corrected chi connectivity index (χ4v) is 2.44. The molecule has 1 atom stereocenters. The Bertz CT molecular complexity index is 822. The standard InChI is InChI=1S/C21H23NO5/c1-14(17-6-5-7-18(12-17)22-15(2)23)27-21(24)9-8-16-10-19(25-3)13-20(11-16)26-4/h5-14H,1-4H3,(H,22,23)/b9-8+/t14-/m0/s1. The van der Waals surface area contributed by atoms with Gasteiger partial charge < -0.3 is 19.5 Å². The molecular weight excluding hydrogens is 346 g/mol. The van der Waals surface area contributed by atoms with Gasteiger partial charge in [0.05, 0.1) is 14.2 Å². The first-order valence-electron chi connectivity index (χ1n) is 8.40. The van der Waals surface area contributed by atoms with E-state index >= 15 is 0 Å². The van der Waals surface area contributed by atoms with Crippen molar-refractivity contribution in [2.75, 3.05) is 19.5 Å². The lowest BCUT2D eigenvalue weighted by atomic mass is 10.1. The van der Waals surface area contributed by atoms with E-state index in [4.69, 9.17) is 14.2 Å². The molecule has 6 heteroatoms. The maximum absolute atomic E-state index is 12.1. The van der Waals surface area contributed by atoms with Gasteiger partial charge in [0.25, 0.3) is 0 Å². The molecule has 0 aromatic heterocycles. The molecule has 0 unspecified atom stereocenters. The number of hydrogen-bond donors (Lipinski definition) is 1. The lowest BCUT2D eigenvalue weighted by Crippen LogP contribution is -2.08. The molecule has 0 spiro atoms. The number of methoxy groups -OCH3 is 2. The van der Waals surface area contributed by atoms with E-state index in [9.17, 15) is 9.59 Å². The van der Waals surface area contributed by atoms with E-state index in [1.165, 1.54) is 13.0 Å². The number of nitrogens with one attached hydrogen (secondary N) is 1. The Kier molecular flexibility index (Phi) is 7.00. The Balaban J connectivity index is 2.04. The monoisotopic (exact) mass is 369 g/mol. The van der Waals surface area contributed by atoms with Crippen molar-refractivity contribution in [2.24, 2.45) is 0 Å². The molecule has 0 bridgehead atoms. The number of carbonyl (C=O) groups excluding carboxylic acids is 2. The summed E-state index contributed by atoms with van der Waals surface area (Å²) in [6.45, 7) is 3.21. The number of hydrogen-bond acceptors (Lipinski definition) is 5. The number of esters is 1. The molecule has 2 rings (SSSR count). The summed E-state index contributed by atoms with van der Waals surface area (Å²) in [5.41, 5.74) is 2.19. The second-order valence-corrected chi connectivity index (χ2v) is 5.87. The molecule has 6 nitrogen and oxygen atoms in total. The smallest absolute Gasteiger partial charge is 0.331 e. The van der Waals surface area contributed by atoms with Gasteiger partial charge in [-0.15, -0.1) is 0 Å². The van der Waals surface area contributed by atoms with E-state index in [0.717, 1.165) is 11.1 Å². The Labute approximate surface area is 158 Å². The summed E-state index contributed by atoms with van der Waals surface area (Å²) in [4.78, 5) is 23.3. The summed E-state index contributed by atoms with van der Waals surface area (Å²) >= 11 is 0. The van der Waals surface area contributed by atoms with Gasteiger partial charge in [-0.1, -0.05) is 12.1 Å². The van der Waals surface area contributed by atoms with Crippen LogP contribution in [0, 0.1) is 0 Å². The number of anilines is 1. The van der Waals surface area contributed by atoms with Crippen LogP contribution >= 0.6 is 0 Å². The molecule has 142 valence electrons. The van der Waals surface area contributed by atoms with E-state index in [2.05, 4.69) is 5.32 Å². The van der Waals surface area contributed by atoms with E-state index in [-0.39, 0.29) is 5.91 Å². The molecule has 0 radical (unpaired) electrons. The van der Waals surface area contributed by atoms with Gasteiger partial charge in [0, 0.05) is 24.8 Å². The maximum atomic E-state index is 12.1. The molecular formula is C21H23NO5. The van der Waals surface area contributed by atoms with Crippen molar-refractivity contribution in [3.63, 3.8) is 0 Å². The minimum atomic E-state index is -0.478. The molecule has 0 aliphatic heterocycles. The number of carbonyl (C=O) groups is 2. The van der Waals surface area contributed by atoms with Crippen molar-refractivity contribution < 1.29 is 23.8 Å². The van der Waals surface area contributed by atoms with Gasteiger partial charge in [0.1, 0.15) is 17.6 Å². The number of benzene rings is 2. The van der Waals surface area contributed by atoms with Crippen molar-refractivity contribution in [1.82, 2.24) is 0 Å². The Morgan fingerprint density at radius 2 is 1.70 bits per heavy atom. The molecule has 0 saturated carbocycles. The highest BCUT2D eigenvalue weighted by molar-refractivity contribution is 5.89. The molecule has 0 heterocycles. The summed E-state index contributed by atoms with van der Waals surface area (Å²) in [5, 5.41) is 2.70. The van der Waals surface area contributed by atoms with Crippen LogP contribution in [0.2, 0.25) is 0 Å². The average molecular weight is 369 g/mol. The normalized spacial score (nSPS) is 11.7. The highest BCUT2D eigenvalue weighted by Crippen LogP contribution is 2.24. The third kappa shape index (κ3) is 6.18. The van der Waals surface area contributed by atoms with Crippen molar-refractivity contribution in [1.29, 1.82) is 0 Å². The fraction of sp³-hybridized carbons (Fsp3) is 0.238. The van der Waals surface area contributed by atoms with Crippen LogP contribution in [0.4, 0.5) is 5.69 Å². The van der Waals surface area contributed by atoms with Crippen LogP contribution in [0.3, 0.4) is 0 Å². The first kappa shape index (κ1) is 20.0. The molecule has 2 aromatic rings. The number of rotatable bonds is 7. The molecule has 0 aliphatic rings. The van der Waals surface area contributed by atoms with Gasteiger partial charge in [0.2, 0.25) is 5.91 Å². The summed E-state index contributed by atoms with van der Waals surface area (Å²) < 4.78 is 15.8. The first-order valence-corrected chi connectivity index (χ1v) is 8.40. The lowest BCUT2D eigenvalue weighted by Gasteiger charge is -2.13. The largest absolute Gasteiger partial charge is 0.497 e. The SMILES string of the molecule is COc1cc(/C=C/C(=O)O[C@@H](C)c2cccc(NC(C)=O)c2)cc(OC)c1. The van der Waals surface area contributed by atoms with Crippen molar-refractivity contribution in [2.45, 2.75) is 20.0 Å². The van der Waals surface area contributed by atoms with Crippen LogP contribution in [0.25, 0.3) is 6.08 Å². The predicted octanol–water partition coefficient (Wildman–Crippen LogP) is 3.98. The zero-order valence-corrected chi connectivity index (χ0v) is 15.8. The van der Waals surface area contributed by atoms with Gasteiger partial charge >= 0.3 is 5.97 Å². The summed E-state index contributed by atoms with van der Waals surface area (Å²) in [6.07, 6.45) is 2.52. The van der Waals surface area contributed by atoms with E-state index in [1.54, 1.807) is 63.6 Å². The molecule has 0 fully saturated rings. The maximum Gasteiger partial charge on any atom is 0.331 e. The lowest BCUT2D eigenvalue weighted by molar-refractivity contribution is -0.142. The number of amides is 1. The van der Waals surface area contributed by atoms with Gasteiger partial charge in [0.15, 0.2) is 0 Å². The minimum absolute atomic E-state index is 0.159. The zero-order chi connectivity index (χ0) is 19.8. The minimum Gasteiger partial charge on any atom is -0.497 e. The van der Waals surface area contributed by atoms with Crippen LogP contribution in [0.15, 0.2) is 48.5 Å². The zero-order valence-electron chi connectivity index (χ0n) is 15.8. The third-order valence-corrected chi connectivity index (χ3v) is 3.75.